The predicted molar refractivity (Wildman–Crippen MR) is 70.2 cm³/mol. The summed E-state index contributed by atoms with van der Waals surface area (Å²) in [6.07, 6.45) is 4.12. The van der Waals surface area contributed by atoms with E-state index in [1.54, 1.807) is 0 Å². The van der Waals surface area contributed by atoms with Gasteiger partial charge in [0, 0.05) is 0 Å². The third-order valence-corrected chi connectivity index (χ3v) is 3.20. The number of hydrogen-bond donors (Lipinski definition) is 1. The standard InChI is InChI=1S/C14H31N/c1-7-15-11-13(14(4,5)6)10-8-9-12(2)3/h12-13,15H,7-11H2,1-6H3. The monoisotopic (exact) mass is 213 g/mol. The van der Waals surface area contributed by atoms with E-state index < -0.39 is 0 Å². The molecular weight excluding hydrogens is 182 g/mol. The molecule has 0 aromatic rings. The van der Waals surface area contributed by atoms with Gasteiger partial charge in [0.05, 0.1) is 0 Å². The first-order chi connectivity index (χ1) is 6.88. The molecule has 0 heterocycles. The summed E-state index contributed by atoms with van der Waals surface area (Å²) in [4.78, 5) is 0. The zero-order valence-electron chi connectivity index (χ0n) is 11.7. The normalized spacial score (nSPS) is 14.6. The van der Waals surface area contributed by atoms with E-state index in [0.717, 1.165) is 18.4 Å². The van der Waals surface area contributed by atoms with E-state index in [2.05, 4.69) is 46.9 Å². The van der Waals surface area contributed by atoms with Crippen LogP contribution in [0.25, 0.3) is 0 Å². The fourth-order valence-electron chi connectivity index (χ4n) is 1.93. The lowest BCUT2D eigenvalue weighted by Gasteiger charge is -2.31. The quantitative estimate of drug-likeness (QED) is 0.672. The van der Waals surface area contributed by atoms with Gasteiger partial charge in [-0.25, -0.2) is 0 Å². The van der Waals surface area contributed by atoms with Crippen molar-refractivity contribution in [3.05, 3.63) is 0 Å². The highest BCUT2D eigenvalue weighted by Crippen LogP contribution is 2.30. The molecule has 1 N–H and O–H groups in total. The Morgan fingerprint density at radius 1 is 1.07 bits per heavy atom. The lowest BCUT2D eigenvalue weighted by molar-refractivity contribution is 0.212. The molecule has 0 aliphatic rings. The molecule has 0 rings (SSSR count). The van der Waals surface area contributed by atoms with Gasteiger partial charge in [-0.15, -0.1) is 0 Å². The maximum absolute atomic E-state index is 3.49. The summed E-state index contributed by atoms with van der Waals surface area (Å²) < 4.78 is 0. The lowest BCUT2D eigenvalue weighted by Crippen LogP contribution is -2.31. The molecule has 92 valence electrons. The summed E-state index contributed by atoms with van der Waals surface area (Å²) in [7, 11) is 0. The van der Waals surface area contributed by atoms with Gasteiger partial charge in [0.15, 0.2) is 0 Å². The minimum Gasteiger partial charge on any atom is -0.317 e. The predicted octanol–water partition coefficient (Wildman–Crippen LogP) is 4.08. The number of rotatable bonds is 7. The molecule has 0 spiro atoms. The molecule has 1 nitrogen and oxygen atoms in total. The molecule has 0 aromatic heterocycles. The molecule has 0 aromatic carbocycles. The Kier molecular flexibility index (Phi) is 7.25. The Labute approximate surface area is 97.0 Å². The van der Waals surface area contributed by atoms with Crippen LogP contribution in [0.2, 0.25) is 0 Å². The van der Waals surface area contributed by atoms with Crippen LogP contribution < -0.4 is 5.32 Å². The third-order valence-electron chi connectivity index (χ3n) is 3.20. The van der Waals surface area contributed by atoms with Crippen molar-refractivity contribution in [1.29, 1.82) is 0 Å². The van der Waals surface area contributed by atoms with Crippen molar-refractivity contribution in [3.63, 3.8) is 0 Å². The average Bonchev–Trinajstić information content (AvgIpc) is 2.08. The molecular formula is C14H31N. The van der Waals surface area contributed by atoms with Gasteiger partial charge in [-0.05, 0) is 36.8 Å². The Morgan fingerprint density at radius 3 is 2.07 bits per heavy atom. The van der Waals surface area contributed by atoms with Crippen molar-refractivity contribution < 1.29 is 0 Å². The minimum atomic E-state index is 0.444. The van der Waals surface area contributed by atoms with Crippen LogP contribution in [0.1, 0.15) is 60.8 Å². The second kappa shape index (κ2) is 7.27. The van der Waals surface area contributed by atoms with Crippen molar-refractivity contribution in [1.82, 2.24) is 5.32 Å². The topological polar surface area (TPSA) is 12.0 Å². The van der Waals surface area contributed by atoms with E-state index in [1.165, 1.54) is 25.8 Å². The van der Waals surface area contributed by atoms with Gasteiger partial charge in [0.1, 0.15) is 0 Å². The van der Waals surface area contributed by atoms with Crippen LogP contribution in [-0.4, -0.2) is 13.1 Å². The van der Waals surface area contributed by atoms with E-state index in [1.807, 2.05) is 0 Å². The molecule has 0 fully saturated rings. The van der Waals surface area contributed by atoms with E-state index in [-0.39, 0.29) is 0 Å². The summed E-state index contributed by atoms with van der Waals surface area (Å²) in [6, 6.07) is 0. The van der Waals surface area contributed by atoms with Crippen LogP contribution in [0.15, 0.2) is 0 Å². The van der Waals surface area contributed by atoms with E-state index in [9.17, 15) is 0 Å². The van der Waals surface area contributed by atoms with Crippen molar-refractivity contribution in [2.75, 3.05) is 13.1 Å². The molecule has 15 heavy (non-hydrogen) atoms. The largest absolute Gasteiger partial charge is 0.317 e. The summed E-state index contributed by atoms with van der Waals surface area (Å²) >= 11 is 0. The SMILES string of the molecule is CCNCC(CCCC(C)C)C(C)(C)C. The second-order valence-electron chi connectivity index (χ2n) is 6.20. The third kappa shape index (κ3) is 7.84. The first-order valence-corrected chi connectivity index (χ1v) is 6.58. The summed E-state index contributed by atoms with van der Waals surface area (Å²) in [5, 5.41) is 3.49. The van der Waals surface area contributed by atoms with Crippen molar-refractivity contribution in [2.24, 2.45) is 17.3 Å². The van der Waals surface area contributed by atoms with Crippen molar-refractivity contribution in [2.45, 2.75) is 60.8 Å². The molecule has 1 unspecified atom stereocenters. The van der Waals surface area contributed by atoms with Crippen LogP contribution in [0, 0.1) is 17.3 Å². The minimum absolute atomic E-state index is 0.444. The van der Waals surface area contributed by atoms with Crippen LogP contribution >= 0.6 is 0 Å². The molecule has 0 bridgehead atoms. The summed E-state index contributed by atoms with van der Waals surface area (Å²) in [5.41, 5.74) is 0.444. The van der Waals surface area contributed by atoms with Gasteiger partial charge in [-0.1, -0.05) is 54.4 Å². The van der Waals surface area contributed by atoms with E-state index in [4.69, 9.17) is 0 Å². The Bertz CT molecular complexity index is 144. The maximum Gasteiger partial charge on any atom is -0.00156 e. The molecule has 0 aliphatic heterocycles. The highest BCUT2D eigenvalue weighted by molar-refractivity contribution is 4.76. The lowest BCUT2D eigenvalue weighted by atomic mass is 9.77. The second-order valence-corrected chi connectivity index (χ2v) is 6.20. The van der Waals surface area contributed by atoms with Gasteiger partial charge in [0.2, 0.25) is 0 Å². The fraction of sp³-hybridized carbons (Fsp3) is 1.00. The van der Waals surface area contributed by atoms with Gasteiger partial charge in [0.25, 0.3) is 0 Å². The Balaban J connectivity index is 3.91. The summed E-state index contributed by atoms with van der Waals surface area (Å²) in [5.74, 6) is 1.67. The average molecular weight is 213 g/mol. The number of nitrogens with one attached hydrogen (secondary N) is 1. The molecule has 0 radical (unpaired) electrons. The van der Waals surface area contributed by atoms with Gasteiger partial charge in [-0.2, -0.15) is 0 Å². The fourth-order valence-corrected chi connectivity index (χ4v) is 1.93. The molecule has 0 saturated heterocycles. The molecule has 0 amide bonds. The molecule has 1 heteroatoms. The van der Waals surface area contributed by atoms with Crippen molar-refractivity contribution in [3.8, 4) is 0 Å². The summed E-state index contributed by atoms with van der Waals surface area (Å²) in [6.45, 7) is 16.2. The van der Waals surface area contributed by atoms with Gasteiger partial charge < -0.3 is 5.32 Å². The Hall–Kier alpha value is -0.0400. The van der Waals surface area contributed by atoms with Crippen LogP contribution in [0.5, 0.6) is 0 Å². The van der Waals surface area contributed by atoms with Crippen LogP contribution in [-0.2, 0) is 0 Å². The Morgan fingerprint density at radius 2 is 1.67 bits per heavy atom. The van der Waals surface area contributed by atoms with Gasteiger partial charge >= 0.3 is 0 Å². The highest BCUT2D eigenvalue weighted by Gasteiger charge is 2.23. The maximum atomic E-state index is 3.49. The van der Waals surface area contributed by atoms with Crippen LogP contribution in [0.4, 0.5) is 0 Å². The van der Waals surface area contributed by atoms with Gasteiger partial charge in [-0.3, -0.25) is 0 Å². The first-order valence-electron chi connectivity index (χ1n) is 6.58. The highest BCUT2D eigenvalue weighted by atomic mass is 14.8. The molecule has 1 atom stereocenters. The van der Waals surface area contributed by atoms with E-state index >= 15 is 0 Å². The van der Waals surface area contributed by atoms with Crippen LogP contribution in [0.3, 0.4) is 0 Å². The van der Waals surface area contributed by atoms with Crippen molar-refractivity contribution >= 4 is 0 Å². The molecule has 0 aliphatic carbocycles. The smallest absolute Gasteiger partial charge is 0.00156 e. The first kappa shape index (κ1) is 15.0. The molecule has 0 saturated carbocycles. The number of hydrogen-bond acceptors (Lipinski definition) is 1. The zero-order chi connectivity index (χ0) is 11.9. The zero-order valence-corrected chi connectivity index (χ0v) is 11.7. The van der Waals surface area contributed by atoms with E-state index in [0.29, 0.717) is 5.41 Å².